The van der Waals surface area contributed by atoms with Crippen LogP contribution in [-0.4, -0.2) is 41.3 Å². The first-order valence-electron chi connectivity index (χ1n) is 5.84. The first kappa shape index (κ1) is 14.1. The molecule has 0 aliphatic heterocycles. The molecule has 2 heterocycles. The summed E-state index contributed by atoms with van der Waals surface area (Å²) in [6.07, 6.45) is 1.11. The van der Waals surface area contributed by atoms with Gasteiger partial charge in [-0.15, -0.1) is 0 Å². The van der Waals surface area contributed by atoms with Gasteiger partial charge in [0.2, 0.25) is 11.8 Å². The minimum Gasteiger partial charge on any atom is -0.377 e. The Morgan fingerprint density at radius 2 is 2.20 bits per heavy atom. The van der Waals surface area contributed by atoms with Crippen molar-refractivity contribution in [3.05, 3.63) is 23.7 Å². The fraction of sp³-hybridized carbons (Fsp3) is 0.455. The van der Waals surface area contributed by atoms with E-state index >= 15 is 0 Å². The highest BCUT2D eigenvalue weighted by Gasteiger charge is 2.10. The number of rotatable bonds is 6. The SMILES string of the molecule is COCc1noc(CNc2ncc(F)c(N(C)C)n2)n1. The average molecular weight is 282 g/mol. The number of hydrogen-bond donors (Lipinski definition) is 1. The highest BCUT2D eigenvalue weighted by molar-refractivity contribution is 5.42. The van der Waals surface area contributed by atoms with Crippen molar-refractivity contribution in [1.82, 2.24) is 20.1 Å². The molecule has 0 atom stereocenters. The van der Waals surface area contributed by atoms with Gasteiger partial charge in [-0.05, 0) is 0 Å². The molecule has 0 unspecified atom stereocenters. The smallest absolute Gasteiger partial charge is 0.246 e. The van der Waals surface area contributed by atoms with Gasteiger partial charge in [0, 0.05) is 21.2 Å². The molecule has 20 heavy (non-hydrogen) atoms. The Balaban J connectivity index is 2.01. The molecule has 0 aromatic carbocycles. The van der Waals surface area contributed by atoms with Crippen molar-refractivity contribution >= 4 is 11.8 Å². The molecule has 108 valence electrons. The molecule has 0 aliphatic rings. The first-order valence-corrected chi connectivity index (χ1v) is 5.84. The molecule has 0 fully saturated rings. The van der Waals surface area contributed by atoms with Crippen LogP contribution in [0.4, 0.5) is 16.2 Å². The van der Waals surface area contributed by atoms with Crippen molar-refractivity contribution in [2.24, 2.45) is 0 Å². The molecule has 0 saturated carbocycles. The van der Waals surface area contributed by atoms with Gasteiger partial charge in [-0.3, -0.25) is 0 Å². The molecule has 1 N–H and O–H groups in total. The van der Waals surface area contributed by atoms with E-state index in [2.05, 4.69) is 25.4 Å². The molecule has 2 rings (SSSR count). The molecular formula is C11H15FN6O2. The summed E-state index contributed by atoms with van der Waals surface area (Å²) in [5.41, 5.74) is 0. The number of nitrogens with zero attached hydrogens (tertiary/aromatic N) is 5. The molecule has 8 nitrogen and oxygen atoms in total. The zero-order chi connectivity index (χ0) is 14.5. The van der Waals surface area contributed by atoms with E-state index in [1.54, 1.807) is 26.1 Å². The minimum atomic E-state index is -0.485. The third kappa shape index (κ3) is 3.38. The lowest BCUT2D eigenvalue weighted by atomic mass is 10.5. The summed E-state index contributed by atoms with van der Waals surface area (Å²) in [7, 11) is 4.94. The molecule has 2 aromatic rings. The minimum absolute atomic E-state index is 0.202. The number of hydrogen-bond acceptors (Lipinski definition) is 8. The van der Waals surface area contributed by atoms with Crippen LogP contribution in [0, 0.1) is 5.82 Å². The van der Waals surface area contributed by atoms with E-state index in [1.165, 1.54) is 0 Å². The summed E-state index contributed by atoms with van der Waals surface area (Å²) in [6, 6.07) is 0. The normalized spacial score (nSPS) is 10.6. The monoisotopic (exact) mass is 282 g/mol. The fourth-order valence-corrected chi connectivity index (χ4v) is 1.46. The Morgan fingerprint density at radius 1 is 1.40 bits per heavy atom. The highest BCUT2D eigenvalue weighted by atomic mass is 19.1. The van der Waals surface area contributed by atoms with Crippen LogP contribution in [0.25, 0.3) is 0 Å². The summed E-state index contributed by atoms with van der Waals surface area (Å²) in [4.78, 5) is 13.5. The second kappa shape index (κ2) is 6.24. The maximum absolute atomic E-state index is 13.4. The van der Waals surface area contributed by atoms with Gasteiger partial charge in [0.25, 0.3) is 0 Å². The van der Waals surface area contributed by atoms with E-state index in [0.29, 0.717) is 11.7 Å². The maximum atomic E-state index is 13.4. The molecule has 0 bridgehead atoms. The number of halogens is 1. The van der Waals surface area contributed by atoms with E-state index in [1.807, 2.05) is 0 Å². The fourth-order valence-electron chi connectivity index (χ4n) is 1.46. The lowest BCUT2D eigenvalue weighted by molar-refractivity contribution is 0.174. The van der Waals surface area contributed by atoms with Crippen molar-refractivity contribution in [2.75, 3.05) is 31.4 Å². The van der Waals surface area contributed by atoms with E-state index in [0.717, 1.165) is 6.20 Å². The topological polar surface area (TPSA) is 89.2 Å². The van der Waals surface area contributed by atoms with Gasteiger partial charge in [-0.2, -0.15) is 9.97 Å². The second-order valence-electron chi connectivity index (χ2n) is 4.15. The third-order valence-electron chi connectivity index (χ3n) is 2.33. The Bertz CT molecular complexity index is 574. The van der Waals surface area contributed by atoms with Crippen molar-refractivity contribution in [3.8, 4) is 0 Å². The summed E-state index contributed by atoms with van der Waals surface area (Å²) in [6.45, 7) is 0.524. The van der Waals surface area contributed by atoms with Gasteiger partial charge in [0.1, 0.15) is 6.61 Å². The highest BCUT2D eigenvalue weighted by Crippen LogP contribution is 2.14. The van der Waals surface area contributed by atoms with Crippen molar-refractivity contribution in [1.29, 1.82) is 0 Å². The van der Waals surface area contributed by atoms with Crippen LogP contribution in [0.5, 0.6) is 0 Å². The zero-order valence-corrected chi connectivity index (χ0v) is 11.4. The average Bonchev–Trinajstić information content (AvgIpc) is 2.86. The van der Waals surface area contributed by atoms with Gasteiger partial charge < -0.3 is 19.5 Å². The number of nitrogens with one attached hydrogen (secondary N) is 1. The molecule has 2 aromatic heterocycles. The Morgan fingerprint density at radius 3 is 2.90 bits per heavy atom. The van der Waals surface area contributed by atoms with Crippen LogP contribution < -0.4 is 10.2 Å². The largest absolute Gasteiger partial charge is 0.377 e. The summed E-state index contributed by atoms with van der Waals surface area (Å²) in [5, 5.41) is 6.60. The van der Waals surface area contributed by atoms with Crippen LogP contribution in [0.1, 0.15) is 11.7 Å². The van der Waals surface area contributed by atoms with E-state index in [9.17, 15) is 4.39 Å². The first-order chi connectivity index (χ1) is 9.60. The van der Waals surface area contributed by atoms with Gasteiger partial charge in [-0.25, -0.2) is 9.37 Å². The quantitative estimate of drug-likeness (QED) is 0.833. The van der Waals surface area contributed by atoms with Crippen molar-refractivity contribution in [2.45, 2.75) is 13.2 Å². The van der Waals surface area contributed by atoms with Crippen LogP contribution in [-0.2, 0) is 17.9 Å². The molecule has 0 spiro atoms. The van der Waals surface area contributed by atoms with Crippen LogP contribution in [0.15, 0.2) is 10.7 Å². The molecule has 0 saturated heterocycles. The standard InChI is InChI=1S/C11H15FN6O2/c1-18(2)10-7(12)4-13-11(16-10)14-5-9-15-8(6-19-3)17-20-9/h4H,5-6H2,1-3H3,(H,13,14,16). The summed E-state index contributed by atoms with van der Waals surface area (Å²) in [5.74, 6) is 0.824. The van der Waals surface area contributed by atoms with E-state index < -0.39 is 5.82 Å². The number of aromatic nitrogens is 4. The molecule has 0 aliphatic carbocycles. The predicted octanol–water partition coefficient (Wildman–Crippen LogP) is 0.823. The van der Waals surface area contributed by atoms with Crippen LogP contribution in [0.3, 0.4) is 0 Å². The van der Waals surface area contributed by atoms with Gasteiger partial charge in [0.05, 0.1) is 12.7 Å². The van der Waals surface area contributed by atoms with Crippen LogP contribution in [0.2, 0.25) is 0 Å². The van der Waals surface area contributed by atoms with Gasteiger partial charge in [-0.1, -0.05) is 5.16 Å². The molecule has 9 heteroatoms. The van der Waals surface area contributed by atoms with Gasteiger partial charge in [0.15, 0.2) is 17.5 Å². The van der Waals surface area contributed by atoms with Crippen molar-refractivity contribution in [3.63, 3.8) is 0 Å². The Kier molecular flexibility index (Phi) is 4.41. The summed E-state index contributed by atoms with van der Waals surface area (Å²) < 4.78 is 23.3. The molecule has 0 amide bonds. The molecular weight excluding hydrogens is 267 g/mol. The maximum Gasteiger partial charge on any atom is 0.246 e. The van der Waals surface area contributed by atoms with Gasteiger partial charge >= 0.3 is 0 Å². The Hall–Kier alpha value is -2.29. The second-order valence-corrected chi connectivity index (χ2v) is 4.15. The lowest BCUT2D eigenvalue weighted by Crippen LogP contribution is -2.15. The predicted molar refractivity (Wildman–Crippen MR) is 68.7 cm³/mol. The van der Waals surface area contributed by atoms with E-state index in [-0.39, 0.29) is 24.9 Å². The third-order valence-corrected chi connectivity index (χ3v) is 2.33. The van der Waals surface area contributed by atoms with E-state index in [4.69, 9.17) is 9.26 Å². The van der Waals surface area contributed by atoms with Crippen molar-refractivity contribution < 1.29 is 13.7 Å². The zero-order valence-electron chi connectivity index (χ0n) is 11.4. The summed E-state index contributed by atoms with van der Waals surface area (Å²) >= 11 is 0. The number of ether oxygens (including phenoxy) is 1. The number of anilines is 2. The number of methoxy groups -OCH3 is 1. The molecule has 0 radical (unpaired) electrons. The lowest BCUT2D eigenvalue weighted by Gasteiger charge is -2.12. The Labute approximate surface area is 115 Å². The van der Waals surface area contributed by atoms with Crippen LogP contribution >= 0.6 is 0 Å².